The molecule has 0 aliphatic carbocycles. The molecular formula is C18H20N2O6S. The van der Waals surface area contributed by atoms with Gasteiger partial charge in [-0.15, -0.1) is 11.8 Å². The second kappa shape index (κ2) is 6.95. The Morgan fingerprint density at radius 2 is 2.19 bits per heavy atom. The van der Waals surface area contributed by atoms with Crippen molar-refractivity contribution in [3.63, 3.8) is 0 Å². The van der Waals surface area contributed by atoms with Crippen LogP contribution in [-0.2, 0) is 25.7 Å². The average Bonchev–Trinajstić information content (AvgIpc) is 3.33. The van der Waals surface area contributed by atoms with Gasteiger partial charge in [0.2, 0.25) is 12.7 Å². The predicted octanol–water partition coefficient (Wildman–Crippen LogP) is 1.03. The maximum atomic E-state index is 12.3. The molecular weight excluding hydrogens is 372 g/mol. The number of rotatable bonds is 5. The Morgan fingerprint density at radius 3 is 3.04 bits per heavy atom. The van der Waals surface area contributed by atoms with Gasteiger partial charge in [-0.2, -0.15) is 0 Å². The lowest BCUT2D eigenvalue weighted by molar-refractivity contribution is -0.156. The SMILES string of the molecule is C[C@@]12CCC(=O)N1[C@@H](C(=O)OCC(=O)NCc1ccc3c(c1)OCO3)CS2. The van der Waals surface area contributed by atoms with Crippen molar-refractivity contribution in [3.8, 4) is 11.5 Å². The van der Waals surface area contributed by atoms with Gasteiger partial charge >= 0.3 is 5.97 Å². The van der Waals surface area contributed by atoms with Gasteiger partial charge in [-0.05, 0) is 31.0 Å². The van der Waals surface area contributed by atoms with Crippen molar-refractivity contribution >= 4 is 29.5 Å². The molecule has 1 N–H and O–H groups in total. The fourth-order valence-corrected chi connectivity index (χ4v) is 4.95. The fraction of sp³-hybridized carbons (Fsp3) is 0.500. The summed E-state index contributed by atoms with van der Waals surface area (Å²) in [6.45, 7) is 2.07. The third-order valence-corrected chi connectivity index (χ3v) is 6.49. The zero-order valence-corrected chi connectivity index (χ0v) is 15.7. The molecule has 27 heavy (non-hydrogen) atoms. The largest absolute Gasteiger partial charge is 0.454 e. The van der Waals surface area contributed by atoms with Crippen LogP contribution in [0.15, 0.2) is 18.2 Å². The summed E-state index contributed by atoms with van der Waals surface area (Å²) < 4.78 is 15.7. The van der Waals surface area contributed by atoms with Gasteiger partial charge in [-0.3, -0.25) is 9.59 Å². The van der Waals surface area contributed by atoms with E-state index in [1.807, 2.05) is 13.0 Å². The minimum Gasteiger partial charge on any atom is -0.454 e. The highest BCUT2D eigenvalue weighted by atomic mass is 32.2. The van der Waals surface area contributed by atoms with Gasteiger partial charge in [0.05, 0.1) is 4.87 Å². The Bertz CT molecular complexity index is 800. The molecule has 2 fully saturated rings. The second-order valence-corrected chi connectivity index (χ2v) is 8.34. The number of esters is 1. The first-order valence-corrected chi connectivity index (χ1v) is 9.73. The van der Waals surface area contributed by atoms with E-state index in [0.717, 1.165) is 12.0 Å². The molecule has 2 amide bonds. The number of nitrogens with one attached hydrogen (secondary N) is 1. The van der Waals surface area contributed by atoms with E-state index in [9.17, 15) is 14.4 Å². The summed E-state index contributed by atoms with van der Waals surface area (Å²) in [5.74, 6) is 0.862. The van der Waals surface area contributed by atoms with Gasteiger partial charge in [0.1, 0.15) is 6.04 Å². The van der Waals surface area contributed by atoms with Gasteiger partial charge in [0.25, 0.3) is 5.91 Å². The molecule has 0 saturated carbocycles. The van der Waals surface area contributed by atoms with Gasteiger partial charge in [-0.1, -0.05) is 6.07 Å². The molecule has 3 heterocycles. The van der Waals surface area contributed by atoms with Crippen molar-refractivity contribution in [2.45, 2.75) is 37.2 Å². The van der Waals surface area contributed by atoms with Crippen LogP contribution in [0.3, 0.4) is 0 Å². The third-order valence-electron chi connectivity index (χ3n) is 4.99. The number of amides is 2. The van der Waals surface area contributed by atoms with E-state index in [4.69, 9.17) is 14.2 Å². The van der Waals surface area contributed by atoms with Crippen LogP contribution < -0.4 is 14.8 Å². The van der Waals surface area contributed by atoms with Crippen molar-refractivity contribution < 1.29 is 28.6 Å². The summed E-state index contributed by atoms with van der Waals surface area (Å²) in [4.78, 5) is 37.7. The van der Waals surface area contributed by atoms with E-state index in [-0.39, 0.29) is 30.7 Å². The number of thioether (sulfide) groups is 1. The Balaban J connectivity index is 1.26. The molecule has 0 aromatic heterocycles. The van der Waals surface area contributed by atoms with Gasteiger partial charge in [-0.25, -0.2) is 4.79 Å². The zero-order chi connectivity index (χ0) is 19.0. The molecule has 4 rings (SSSR count). The highest BCUT2D eigenvalue weighted by molar-refractivity contribution is 8.01. The summed E-state index contributed by atoms with van der Waals surface area (Å²) in [5, 5.41) is 2.70. The molecule has 1 aromatic rings. The standard InChI is InChI=1S/C18H20N2O6S/c1-18-5-4-16(22)20(18)12(9-27-18)17(23)24-8-15(21)19-7-11-2-3-13-14(6-11)26-10-25-13/h2-3,6,12H,4-5,7-10H2,1H3,(H,19,21)/t12-,18-/m1/s1. The van der Waals surface area contributed by atoms with Crippen molar-refractivity contribution in [2.75, 3.05) is 19.2 Å². The number of nitrogens with zero attached hydrogens (tertiary/aromatic N) is 1. The summed E-state index contributed by atoms with van der Waals surface area (Å²) >= 11 is 1.59. The Hall–Kier alpha value is -2.42. The van der Waals surface area contributed by atoms with E-state index in [1.54, 1.807) is 28.8 Å². The van der Waals surface area contributed by atoms with Crippen molar-refractivity contribution in [1.82, 2.24) is 10.2 Å². The number of carbonyl (C=O) groups is 3. The van der Waals surface area contributed by atoms with Gasteiger partial charge < -0.3 is 24.4 Å². The van der Waals surface area contributed by atoms with Crippen LogP contribution in [0.4, 0.5) is 0 Å². The highest BCUT2D eigenvalue weighted by Gasteiger charge is 2.53. The Kier molecular flexibility index (Phi) is 4.63. The van der Waals surface area contributed by atoms with E-state index >= 15 is 0 Å². The van der Waals surface area contributed by atoms with Crippen LogP contribution in [0.25, 0.3) is 0 Å². The third kappa shape index (κ3) is 3.43. The molecule has 0 spiro atoms. The van der Waals surface area contributed by atoms with Crippen LogP contribution in [0.5, 0.6) is 11.5 Å². The number of hydrogen-bond acceptors (Lipinski definition) is 7. The summed E-state index contributed by atoms with van der Waals surface area (Å²) in [5.41, 5.74) is 0.851. The molecule has 0 unspecified atom stereocenters. The zero-order valence-electron chi connectivity index (χ0n) is 14.9. The fourth-order valence-electron chi connectivity index (χ4n) is 3.53. The Morgan fingerprint density at radius 1 is 1.37 bits per heavy atom. The lowest BCUT2D eigenvalue weighted by Crippen LogP contribution is -2.47. The maximum absolute atomic E-state index is 12.3. The monoisotopic (exact) mass is 392 g/mol. The van der Waals surface area contributed by atoms with Crippen LogP contribution in [0, 0.1) is 0 Å². The van der Waals surface area contributed by atoms with Crippen LogP contribution >= 0.6 is 11.8 Å². The predicted molar refractivity (Wildman–Crippen MR) is 96.1 cm³/mol. The molecule has 0 radical (unpaired) electrons. The number of fused-ring (bicyclic) bond motifs is 2. The molecule has 3 aliphatic rings. The lowest BCUT2D eigenvalue weighted by Gasteiger charge is -2.29. The topological polar surface area (TPSA) is 94.2 Å². The second-order valence-electron chi connectivity index (χ2n) is 6.84. The van der Waals surface area contributed by atoms with E-state index in [2.05, 4.69) is 5.32 Å². The minimum atomic E-state index is -0.614. The molecule has 2 atom stereocenters. The minimum absolute atomic E-state index is 0.0308. The van der Waals surface area contributed by atoms with Crippen molar-refractivity contribution in [2.24, 2.45) is 0 Å². The quantitative estimate of drug-likeness (QED) is 0.748. The first-order valence-electron chi connectivity index (χ1n) is 8.74. The average molecular weight is 392 g/mol. The smallest absolute Gasteiger partial charge is 0.330 e. The maximum Gasteiger partial charge on any atom is 0.330 e. The highest BCUT2D eigenvalue weighted by Crippen LogP contribution is 2.47. The number of hydrogen-bond donors (Lipinski definition) is 1. The van der Waals surface area contributed by atoms with Crippen LogP contribution in [0.2, 0.25) is 0 Å². The van der Waals surface area contributed by atoms with Gasteiger partial charge in [0, 0.05) is 18.7 Å². The molecule has 8 nitrogen and oxygen atoms in total. The molecule has 2 saturated heterocycles. The first kappa shape index (κ1) is 18.0. The summed E-state index contributed by atoms with van der Waals surface area (Å²) in [7, 11) is 0. The summed E-state index contributed by atoms with van der Waals surface area (Å²) in [6, 6.07) is 4.79. The van der Waals surface area contributed by atoms with Crippen molar-refractivity contribution in [3.05, 3.63) is 23.8 Å². The molecule has 144 valence electrons. The first-order chi connectivity index (χ1) is 13.0. The molecule has 9 heteroatoms. The summed E-state index contributed by atoms with van der Waals surface area (Å²) in [6.07, 6.45) is 1.18. The Labute approximate surface area is 160 Å². The van der Waals surface area contributed by atoms with Gasteiger partial charge in [0.15, 0.2) is 18.1 Å². The number of benzene rings is 1. The molecule has 0 bridgehead atoms. The molecule has 1 aromatic carbocycles. The van der Waals surface area contributed by atoms with Crippen molar-refractivity contribution in [1.29, 1.82) is 0 Å². The normalized spacial score (nSPS) is 25.4. The number of ether oxygens (including phenoxy) is 3. The lowest BCUT2D eigenvalue weighted by atomic mass is 10.2. The van der Waals surface area contributed by atoms with Crippen LogP contribution in [0.1, 0.15) is 25.3 Å². The number of carbonyl (C=O) groups excluding carboxylic acids is 3. The van der Waals surface area contributed by atoms with E-state index in [1.165, 1.54) is 0 Å². The van der Waals surface area contributed by atoms with E-state index in [0.29, 0.717) is 23.7 Å². The van der Waals surface area contributed by atoms with E-state index < -0.39 is 17.9 Å². The molecule has 3 aliphatic heterocycles. The van der Waals surface area contributed by atoms with Crippen LogP contribution in [-0.4, -0.2) is 52.7 Å².